The van der Waals surface area contributed by atoms with E-state index in [1.807, 2.05) is 57.3 Å². The first-order valence-electron chi connectivity index (χ1n) is 25.4. The number of likely N-dealkylation sites (N-methyl/N-ethyl adjacent to an activating group) is 1. The number of hydrogen-bond acceptors (Lipinski definition) is 16. The zero-order chi connectivity index (χ0) is 52.0. The summed E-state index contributed by atoms with van der Waals surface area (Å²) in [5, 5.41) is 59.3. The molecule has 3 aliphatic rings. The lowest BCUT2D eigenvalue weighted by molar-refractivity contribution is -0.304. The highest BCUT2D eigenvalue weighted by atomic mass is 16.7. The number of ether oxygens (including phenoxy) is 7. The van der Waals surface area contributed by atoms with E-state index in [1.54, 1.807) is 56.6 Å². The smallest absolute Gasteiger partial charge is 0.308 e. The number of rotatable bonds is 13. The fourth-order valence-corrected chi connectivity index (χ4v) is 10.8. The Labute approximate surface area is 423 Å². The number of methoxy groups -OCH3 is 2. The van der Waals surface area contributed by atoms with Gasteiger partial charge >= 0.3 is 5.97 Å². The molecule has 4 unspecified atom stereocenters. The SMILES string of the molecule is CC[C@H]1OC(=O)C[C@@H](O)[C@H](C)[C@@H](O[C@@H]2O[C@H](C)[C@@H](O)C(N(C)C)C2O)[C@@H](CCn2cc(-c3cc4ccccc4c4ccccc34)nn2)C[C@@H](C)C(=O)/C=C/C(C)=C/[C@@H]1CO[C@@H]1OC(C)[C@@H](O)[C@H](OC)C1OC. The van der Waals surface area contributed by atoms with Crippen LogP contribution >= 0.6 is 0 Å². The van der Waals surface area contributed by atoms with Crippen LogP contribution in [0.5, 0.6) is 0 Å². The molecule has 4 aromatic rings. The van der Waals surface area contributed by atoms with Crippen molar-refractivity contribution in [2.24, 2.45) is 23.7 Å². The number of aromatic nitrogens is 3. The van der Waals surface area contributed by atoms with Crippen molar-refractivity contribution >= 4 is 33.3 Å². The number of cyclic esters (lactones) is 1. The van der Waals surface area contributed by atoms with Gasteiger partial charge in [0.1, 0.15) is 36.2 Å². The van der Waals surface area contributed by atoms with Crippen LogP contribution in [-0.2, 0) is 49.3 Å². The molecule has 17 atom stereocenters. The zero-order valence-electron chi connectivity index (χ0n) is 43.3. The average Bonchev–Trinajstić information content (AvgIpc) is 3.84. The third kappa shape index (κ3) is 12.5. The average molecular weight is 1000 g/mol. The Morgan fingerprint density at radius 1 is 0.819 bits per heavy atom. The second-order valence-corrected chi connectivity index (χ2v) is 20.3. The lowest BCUT2D eigenvalue weighted by Gasteiger charge is -2.46. The maximum absolute atomic E-state index is 14.2. The van der Waals surface area contributed by atoms with Crippen LogP contribution < -0.4 is 0 Å². The van der Waals surface area contributed by atoms with E-state index in [1.165, 1.54) is 14.2 Å². The molecule has 4 heterocycles. The topological polar surface area (TPSA) is 214 Å². The normalized spacial score (nSPS) is 35.8. The van der Waals surface area contributed by atoms with Gasteiger partial charge in [0.15, 0.2) is 18.4 Å². The zero-order valence-corrected chi connectivity index (χ0v) is 43.3. The van der Waals surface area contributed by atoms with Crippen molar-refractivity contribution < 1.29 is 63.2 Å². The van der Waals surface area contributed by atoms with E-state index < -0.39 is 116 Å². The molecule has 0 radical (unpaired) electrons. The molecular formula is C55H76N4O13. The number of ketones is 1. The third-order valence-electron chi connectivity index (χ3n) is 15.0. The Balaban J connectivity index is 1.20. The molecule has 394 valence electrons. The van der Waals surface area contributed by atoms with Gasteiger partial charge in [-0.25, -0.2) is 0 Å². The van der Waals surface area contributed by atoms with Crippen LogP contribution in [0.3, 0.4) is 0 Å². The monoisotopic (exact) mass is 1000 g/mol. The number of aliphatic hydroxyl groups excluding tert-OH is 4. The van der Waals surface area contributed by atoms with E-state index in [4.69, 9.17) is 33.2 Å². The van der Waals surface area contributed by atoms with E-state index >= 15 is 0 Å². The number of fused-ring (bicyclic) bond motifs is 3. The summed E-state index contributed by atoms with van der Waals surface area (Å²) in [5.74, 6) is -3.11. The van der Waals surface area contributed by atoms with E-state index in [9.17, 15) is 30.0 Å². The Hall–Kier alpha value is -4.50. The summed E-state index contributed by atoms with van der Waals surface area (Å²) in [7, 11) is 6.48. The summed E-state index contributed by atoms with van der Waals surface area (Å²) in [6, 6.07) is 17.8. The first kappa shape index (κ1) is 55.3. The van der Waals surface area contributed by atoms with Gasteiger partial charge < -0.3 is 58.5 Å². The fraction of sp³-hybridized carbons (Fsp3) is 0.600. The Kier molecular flexibility index (Phi) is 18.9. The first-order chi connectivity index (χ1) is 34.4. The van der Waals surface area contributed by atoms with E-state index in [0.717, 1.165) is 32.7 Å². The molecule has 0 spiro atoms. The van der Waals surface area contributed by atoms with Gasteiger partial charge in [-0.2, -0.15) is 0 Å². The molecular weight excluding hydrogens is 925 g/mol. The maximum Gasteiger partial charge on any atom is 0.308 e. The Morgan fingerprint density at radius 3 is 2.18 bits per heavy atom. The van der Waals surface area contributed by atoms with Crippen LogP contribution in [0.1, 0.15) is 67.2 Å². The van der Waals surface area contributed by atoms with Crippen LogP contribution in [-0.4, -0.2) is 167 Å². The molecule has 72 heavy (non-hydrogen) atoms. The second kappa shape index (κ2) is 24.7. The van der Waals surface area contributed by atoms with E-state index in [0.29, 0.717) is 31.5 Å². The van der Waals surface area contributed by atoms with Gasteiger partial charge in [-0.15, -0.1) is 5.10 Å². The fourth-order valence-electron chi connectivity index (χ4n) is 10.8. The van der Waals surface area contributed by atoms with Gasteiger partial charge in [-0.3, -0.25) is 14.3 Å². The summed E-state index contributed by atoms with van der Waals surface area (Å²) in [6.45, 7) is 11.2. The molecule has 2 saturated heterocycles. The number of nitrogens with zero attached hydrogens (tertiary/aromatic N) is 4. The number of esters is 1. The number of aliphatic hydroxyl groups is 4. The molecule has 3 aromatic carbocycles. The van der Waals surface area contributed by atoms with Crippen molar-refractivity contribution in [3.8, 4) is 11.3 Å². The minimum Gasteiger partial charge on any atom is -0.462 e. The summed E-state index contributed by atoms with van der Waals surface area (Å²) >= 11 is 0. The van der Waals surface area contributed by atoms with Crippen LogP contribution in [0, 0.1) is 23.7 Å². The molecule has 0 bridgehead atoms. The predicted octanol–water partition coefficient (Wildman–Crippen LogP) is 5.63. The molecule has 7 rings (SSSR count). The summed E-state index contributed by atoms with van der Waals surface area (Å²) < 4.78 is 44.6. The standard InChI is InChI=1S/C55H76N4O13/c1-11-45-37(29-68-55-53(67-10)52(66-9)49(64)34(6)70-55)24-30(2)20-21-43(60)31(3)25-36(51(32(4)44(61)27-46(62)71-45)72-54-50(65)47(58(7)8)48(63)33(5)69-54)22-23-59-28-42(56-57-59)41-26-35-16-12-13-17-38(35)39-18-14-15-19-40(39)41/h12-21,24,26,28,31-34,36-37,44-45,47-55,61,63-65H,11,22-23,25,27,29H2,1-10H3/b21-20+,30-24+/t31-,32+,33-,34?,36+,37-,44-,45-,47?,48-,49-,50?,51-,52+,53?,54+,55-/m1/s1. The lowest BCUT2D eigenvalue weighted by Crippen LogP contribution is -2.63. The van der Waals surface area contributed by atoms with Crippen molar-refractivity contribution in [2.75, 3.05) is 34.9 Å². The van der Waals surface area contributed by atoms with E-state index in [-0.39, 0.29) is 12.4 Å². The summed E-state index contributed by atoms with van der Waals surface area (Å²) in [6.07, 6.45) is -3.45. The minimum atomic E-state index is -1.31. The summed E-state index contributed by atoms with van der Waals surface area (Å²) in [4.78, 5) is 30.0. The second-order valence-electron chi connectivity index (χ2n) is 20.3. The van der Waals surface area contributed by atoms with Crippen LogP contribution in [0.25, 0.3) is 32.8 Å². The Morgan fingerprint density at radius 2 is 1.49 bits per heavy atom. The quantitative estimate of drug-likeness (QED) is 0.0944. The molecule has 0 amide bonds. The maximum atomic E-state index is 14.2. The minimum absolute atomic E-state index is 0.0124. The highest BCUT2D eigenvalue weighted by molar-refractivity contribution is 6.13. The molecule has 0 saturated carbocycles. The number of hydrogen-bond donors (Lipinski definition) is 4. The van der Waals surface area contributed by atoms with Gasteiger partial charge in [-0.1, -0.05) is 92.2 Å². The predicted molar refractivity (Wildman–Crippen MR) is 270 cm³/mol. The number of carbonyl (C=O) groups excluding carboxylic acids is 2. The number of carbonyl (C=O) groups is 2. The number of allylic oxidation sites excluding steroid dienone is 3. The van der Waals surface area contributed by atoms with Crippen LogP contribution in [0.15, 0.2) is 84.6 Å². The number of benzene rings is 3. The molecule has 2 fully saturated rings. The van der Waals surface area contributed by atoms with Gasteiger partial charge in [0.05, 0.1) is 55.8 Å². The van der Waals surface area contributed by atoms with Crippen molar-refractivity contribution in [2.45, 2.75) is 153 Å². The molecule has 4 N–H and O–H groups in total. The molecule has 3 aliphatic heterocycles. The van der Waals surface area contributed by atoms with Crippen molar-refractivity contribution in [1.82, 2.24) is 19.9 Å². The molecule has 1 aromatic heterocycles. The van der Waals surface area contributed by atoms with Crippen molar-refractivity contribution in [3.63, 3.8) is 0 Å². The molecule has 17 heteroatoms. The Bertz CT molecular complexity index is 2500. The first-order valence-corrected chi connectivity index (χ1v) is 25.4. The highest BCUT2D eigenvalue weighted by Gasteiger charge is 2.48. The third-order valence-corrected chi connectivity index (χ3v) is 15.0. The van der Waals surface area contributed by atoms with Crippen molar-refractivity contribution in [1.29, 1.82) is 0 Å². The van der Waals surface area contributed by atoms with Crippen LogP contribution in [0.2, 0.25) is 0 Å². The van der Waals surface area contributed by atoms with Gasteiger partial charge in [0.25, 0.3) is 0 Å². The number of aryl methyl sites for hydroxylation is 1. The van der Waals surface area contributed by atoms with Crippen LogP contribution in [0.4, 0.5) is 0 Å². The van der Waals surface area contributed by atoms with Gasteiger partial charge in [0, 0.05) is 44.1 Å². The lowest BCUT2D eigenvalue weighted by atomic mass is 9.79. The van der Waals surface area contributed by atoms with Crippen molar-refractivity contribution in [3.05, 3.63) is 84.6 Å². The van der Waals surface area contributed by atoms with E-state index in [2.05, 4.69) is 40.6 Å². The van der Waals surface area contributed by atoms with Gasteiger partial charge in [0.2, 0.25) is 0 Å². The molecule has 0 aliphatic carbocycles. The molecule has 17 nitrogen and oxygen atoms in total. The highest BCUT2D eigenvalue weighted by Crippen LogP contribution is 2.37. The summed E-state index contributed by atoms with van der Waals surface area (Å²) in [5.41, 5.74) is 2.35. The van der Waals surface area contributed by atoms with Gasteiger partial charge in [-0.05, 0) is 93.7 Å². The largest absolute Gasteiger partial charge is 0.462 e.